The third-order valence-corrected chi connectivity index (χ3v) is 4.10. The first-order chi connectivity index (χ1) is 12.8. The summed E-state index contributed by atoms with van der Waals surface area (Å²) >= 11 is 6.06. The highest BCUT2D eigenvalue weighted by molar-refractivity contribution is 6.31. The van der Waals surface area contributed by atoms with Gasteiger partial charge in [0.05, 0.1) is 5.69 Å². The molecule has 5 nitrogen and oxygen atoms in total. The van der Waals surface area contributed by atoms with Gasteiger partial charge in [-0.05, 0) is 43.7 Å². The molecular weight excluding hydrogens is 374 g/mol. The van der Waals surface area contributed by atoms with Gasteiger partial charge in [0.2, 0.25) is 0 Å². The Hall–Kier alpha value is -3.06. The Bertz CT molecular complexity index is 1030. The van der Waals surface area contributed by atoms with E-state index >= 15 is 0 Å². The van der Waals surface area contributed by atoms with Gasteiger partial charge < -0.3 is 10.6 Å². The van der Waals surface area contributed by atoms with Gasteiger partial charge in [0, 0.05) is 22.8 Å². The van der Waals surface area contributed by atoms with Crippen LogP contribution in [0.3, 0.4) is 0 Å². The third kappa shape index (κ3) is 4.57. The third-order valence-electron chi connectivity index (χ3n) is 3.69. The smallest absolute Gasteiger partial charge is 0.274 e. The maximum Gasteiger partial charge on any atom is 0.274 e. The van der Waals surface area contributed by atoms with E-state index in [1.807, 2.05) is 6.92 Å². The summed E-state index contributed by atoms with van der Waals surface area (Å²) in [5.41, 5.74) is 1.53. The molecule has 0 spiro atoms. The normalized spacial score (nSPS) is 10.6. The molecule has 0 radical (unpaired) electrons. The van der Waals surface area contributed by atoms with Crippen LogP contribution >= 0.6 is 11.6 Å². The van der Waals surface area contributed by atoms with Crippen LogP contribution in [0, 0.1) is 25.5 Å². The van der Waals surface area contributed by atoms with Gasteiger partial charge >= 0.3 is 0 Å². The van der Waals surface area contributed by atoms with E-state index in [1.54, 1.807) is 25.1 Å². The second kappa shape index (κ2) is 7.67. The Morgan fingerprint density at radius 2 is 1.81 bits per heavy atom. The molecule has 1 heterocycles. The van der Waals surface area contributed by atoms with Crippen LogP contribution in [-0.4, -0.2) is 15.9 Å². The molecule has 0 unspecified atom stereocenters. The lowest BCUT2D eigenvalue weighted by molar-refractivity contribution is 0.102. The molecule has 8 heteroatoms. The molecule has 0 atom stereocenters. The van der Waals surface area contributed by atoms with Gasteiger partial charge in [-0.1, -0.05) is 17.7 Å². The van der Waals surface area contributed by atoms with Crippen molar-refractivity contribution in [2.24, 2.45) is 0 Å². The minimum Gasteiger partial charge on any atom is -0.338 e. The molecule has 0 saturated carbocycles. The van der Waals surface area contributed by atoms with Crippen LogP contribution in [-0.2, 0) is 0 Å². The molecule has 3 rings (SSSR count). The lowest BCUT2D eigenvalue weighted by atomic mass is 10.2. The molecule has 0 saturated heterocycles. The summed E-state index contributed by atoms with van der Waals surface area (Å²) in [6.07, 6.45) is 0. The summed E-state index contributed by atoms with van der Waals surface area (Å²) in [6, 6.07) is 9.64. The highest BCUT2D eigenvalue weighted by atomic mass is 35.5. The van der Waals surface area contributed by atoms with Crippen LogP contribution < -0.4 is 10.6 Å². The number of anilines is 3. The van der Waals surface area contributed by atoms with Crippen molar-refractivity contribution in [3.8, 4) is 0 Å². The summed E-state index contributed by atoms with van der Waals surface area (Å²) in [5.74, 6) is -1.40. The number of aryl methyl sites for hydroxylation is 2. The monoisotopic (exact) mass is 388 g/mol. The first-order valence-electron chi connectivity index (χ1n) is 7.97. The second-order valence-electron chi connectivity index (χ2n) is 5.85. The Morgan fingerprint density at radius 1 is 1.04 bits per heavy atom. The number of amides is 1. The van der Waals surface area contributed by atoms with Crippen LogP contribution in [0.1, 0.15) is 21.9 Å². The summed E-state index contributed by atoms with van der Waals surface area (Å²) in [4.78, 5) is 20.7. The van der Waals surface area contributed by atoms with Crippen molar-refractivity contribution >= 4 is 34.7 Å². The predicted octanol–water partition coefficient (Wildman–Crippen LogP) is 5.02. The number of nitrogens with one attached hydrogen (secondary N) is 2. The van der Waals surface area contributed by atoms with Crippen LogP contribution in [0.15, 0.2) is 42.5 Å². The zero-order chi connectivity index (χ0) is 19.6. The Balaban J connectivity index is 1.83. The van der Waals surface area contributed by atoms with Crippen molar-refractivity contribution in [3.05, 3.63) is 76.2 Å². The molecular formula is C19H15ClF2N4O. The quantitative estimate of drug-likeness (QED) is 0.658. The van der Waals surface area contributed by atoms with E-state index in [4.69, 9.17) is 11.6 Å². The standard InChI is InChI=1S/C19H15ClF2N4O/c1-10-3-5-13(8-14(10)20)25-19(27)17-9-18(24-11(2)23-17)26-16-6-4-12(21)7-15(16)22/h3-9H,1-2H3,(H,25,27)(H,23,24,26). The number of aromatic nitrogens is 2. The van der Waals surface area contributed by atoms with E-state index in [0.29, 0.717) is 16.5 Å². The first kappa shape index (κ1) is 18.7. The lowest BCUT2D eigenvalue weighted by Gasteiger charge is -2.10. The molecule has 0 bridgehead atoms. The van der Waals surface area contributed by atoms with Crippen molar-refractivity contribution in [1.29, 1.82) is 0 Å². The molecule has 0 fully saturated rings. The lowest BCUT2D eigenvalue weighted by Crippen LogP contribution is -2.15. The molecule has 27 heavy (non-hydrogen) atoms. The summed E-state index contributed by atoms with van der Waals surface area (Å²) in [5, 5.41) is 5.95. The minimum absolute atomic E-state index is 0.0335. The number of hydrogen-bond donors (Lipinski definition) is 2. The van der Waals surface area contributed by atoms with Gasteiger partial charge in [-0.2, -0.15) is 0 Å². The van der Waals surface area contributed by atoms with Crippen LogP contribution in [0.5, 0.6) is 0 Å². The number of carbonyl (C=O) groups excluding carboxylic acids is 1. The van der Waals surface area contributed by atoms with Crippen LogP contribution in [0.25, 0.3) is 0 Å². The van der Waals surface area contributed by atoms with Gasteiger partial charge in [0.15, 0.2) is 0 Å². The van der Waals surface area contributed by atoms with Crippen molar-refractivity contribution in [1.82, 2.24) is 9.97 Å². The van der Waals surface area contributed by atoms with Gasteiger partial charge in [0.25, 0.3) is 5.91 Å². The molecule has 138 valence electrons. The number of carbonyl (C=O) groups is 1. The average Bonchev–Trinajstić information content (AvgIpc) is 2.60. The predicted molar refractivity (Wildman–Crippen MR) is 101 cm³/mol. The summed E-state index contributed by atoms with van der Waals surface area (Å²) in [7, 11) is 0. The molecule has 2 aromatic carbocycles. The van der Waals surface area contributed by atoms with Gasteiger partial charge in [0.1, 0.15) is 29.0 Å². The Kier molecular flexibility index (Phi) is 5.32. The minimum atomic E-state index is -0.772. The molecule has 1 aromatic heterocycles. The summed E-state index contributed by atoms with van der Waals surface area (Å²) in [6.45, 7) is 3.46. The SMILES string of the molecule is Cc1nc(Nc2ccc(F)cc2F)cc(C(=O)Nc2ccc(C)c(Cl)c2)n1. The number of rotatable bonds is 4. The number of benzene rings is 2. The zero-order valence-electron chi connectivity index (χ0n) is 14.5. The average molecular weight is 389 g/mol. The van der Waals surface area contributed by atoms with Gasteiger partial charge in [-0.3, -0.25) is 4.79 Å². The van der Waals surface area contributed by atoms with Crippen molar-refractivity contribution < 1.29 is 13.6 Å². The zero-order valence-corrected chi connectivity index (χ0v) is 15.2. The summed E-state index contributed by atoms with van der Waals surface area (Å²) < 4.78 is 26.8. The number of nitrogens with zero attached hydrogens (tertiary/aromatic N) is 2. The van der Waals surface area contributed by atoms with E-state index in [0.717, 1.165) is 17.7 Å². The first-order valence-corrected chi connectivity index (χ1v) is 8.35. The molecule has 0 aliphatic rings. The van der Waals surface area contributed by atoms with Crippen molar-refractivity contribution in [2.45, 2.75) is 13.8 Å². The Morgan fingerprint density at radius 3 is 2.52 bits per heavy atom. The fourth-order valence-corrected chi connectivity index (χ4v) is 2.52. The van der Waals surface area contributed by atoms with Crippen molar-refractivity contribution in [3.63, 3.8) is 0 Å². The van der Waals surface area contributed by atoms with E-state index in [1.165, 1.54) is 12.1 Å². The molecule has 0 aliphatic heterocycles. The van der Waals surface area contributed by atoms with Crippen LogP contribution in [0.4, 0.5) is 26.0 Å². The van der Waals surface area contributed by atoms with Gasteiger partial charge in [-0.15, -0.1) is 0 Å². The fourth-order valence-electron chi connectivity index (χ4n) is 2.34. The largest absolute Gasteiger partial charge is 0.338 e. The van der Waals surface area contributed by atoms with E-state index < -0.39 is 17.5 Å². The number of hydrogen-bond acceptors (Lipinski definition) is 4. The highest BCUT2D eigenvalue weighted by Gasteiger charge is 2.13. The topological polar surface area (TPSA) is 66.9 Å². The van der Waals surface area contributed by atoms with Crippen LogP contribution in [0.2, 0.25) is 5.02 Å². The number of halogens is 3. The molecule has 2 N–H and O–H groups in total. The van der Waals surface area contributed by atoms with Gasteiger partial charge in [-0.25, -0.2) is 18.7 Å². The van der Waals surface area contributed by atoms with E-state index in [9.17, 15) is 13.6 Å². The van der Waals surface area contributed by atoms with E-state index in [-0.39, 0.29) is 17.2 Å². The fraction of sp³-hybridized carbons (Fsp3) is 0.105. The Labute approximate surface area is 159 Å². The molecule has 3 aromatic rings. The maximum atomic E-state index is 13.8. The maximum absolute atomic E-state index is 13.8. The second-order valence-corrected chi connectivity index (χ2v) is 6.26. The highest BCUT2D eigenvalue weighted by Crippen LogP contribution is 2.22. The van der Waals surface area contributed by atoms with Crippen molar-refractivity contribution in [2.75, 3.05) is 10.6 Å². The molecule has 0 aliphatic carbocycles. The molecule has 1 amide bonds. The van der Waals surface area contributed by atoms with E-state index in [2.05, 4.69) is 20.6 Å².